The molecular formula is C14H22N6O. The Hall–Kier alpha value is -2.31. The first-order valence-corrected chi connectivity index (χ1v) is 7.19. The van der Waals surface area contributed by atoms with Gasteiger partial charge < -0.3 is 15.1 Å². The predicted octanol–water partition coefficient (Wildman–Crippen LogP) is 1.57. The number of hydrogen-bond donors (Lipinski definition) is 3. The summed E-state index contributed by atoms with van der Waals surface area (Å²) >= 11 is 0. The third kappa shape index (κ3) is 4.62. The second-order valence-electron chi connectivity index (χ2n) is 4.89. The minimum atomic E-state index is 0.346. The highest BCUT2D eigenvalue weighted by molar-refractivity contribution is 5.79. The summed E-state index contributed by atoms with van der Waals surface area (Å²) in [6.45, 7) is 7.68. The molecule has 0 fully saturated rings. The summed E-state index contributed by atoms with van der Waals surface area (Å²) < 4.78 is 5.26. The van der Waals surface area contributed by atoms with E-state index in [1.165, 1.54) is 0 Å². The zero-order chi connectivity index (χ0) is 15.1. The lowest BCUT2D eigenvalue weighted by Crippen LogP contribution is -2.41. The largest absolute Gasteiger partial charge is 0.461 e. The second-order valence-corrected chi connectivity index (χ2v) is 4.89. The smallest absolute Gasteiger partial charge is 0.216 e. The minimum absolute atomic E-state index is 0.346. The summed E-state index contributed by atoms with van der Waals surface area (Å²) in [7, 11) is 0. The number of rotatable bonds is 6. The van der Waals surface area contributed by atoms with E-state index in [0.29, 0.717) is 30.6 Å². The first-order chi connectivity index (χ1) is 10.2. The monoisotopic (exact) mass is 290 g/mol. The van der Waals surface area contributed by atoms with E-state index in [9.17, 15) is 0 Å². The van der Waals surface area contributed by atoms with E-state index < -0.39 is 0 Å². The Labute approximate surface area is 124 Å². The molecule has 7 nitrogen and oxygen atoms in total. The molecule has 2 rings (SSSR count). The number of aliphatic imine (C=N–C) groups is 1. The number of aromatic amines is 1. The van der Waals surface area contributed by atoms with E-state index in [0.717, 1.165) is 18.3 Å². The number of furan rings is 1. The highest BCUT2D eigenvalue weighted by Crippen LogP contribution is 2.14. The molecular weight excluding hydrogens is 268 g/mol. The Balaban J connectivity index is 1.90. The number of H-pyrrole nitrogens is 1. The van der Waals surface area contributed by atoms with Gasteiger partial charge in [0, 0.05) is 25.6 Å². The van der Waals surface area contributed by atoms with E-state index in [1.54, 1.807) is 6.26 Å². The summed E-state index contributed by atoms with van der Waals surface area (Å²) in [5, 5.41) is 13.5. The quantitative estimate of drug-likeness (QED) is 0.555. The molecule has 114 valence electrons. The minimum Gasteiger partial charge on any atom is -0.461 e. The van der Waals surface area contributed by atoms with Gasteiger partial charge in [0.2, 0.25) is 5.82 Å². The van der Waals surface area contributed by atoms with Crippen molar-refractivity contribution >= 4 is 5.96 Å². The van der Waals surface area contributed by atoms with Gasteiger partial charge in [0.05, 0.1) is 6.26 Å². The van der Waals surface area contributed by atoms with Crippen LogP contribution in [-0.2, 0) is 6.42 Å². The molecule has 0 saturated heterocycles. The van der Waals surface area contributed by atoms with Crippen molar-refractivity contribution in [1.82, 2.24) is 25.8 Å². The number of hydrogen-bond acceptors (Lipinski definition) is 4. The molecule has 0 unspecified atom stereocenters. The average molecular weight is 290 g/mol. The Bertz CT molecular complexity index is 558. The highest BCUT2D eigenvalue weighted by atomic mass is 16.3. The molecule has 0 aliphatic carbocycles. The van der Waals surface area contributed by atoms with Crippen molar-refractivity contribution in [3.05, 3.63) is 24.2 Å². The van der Waals surface area contributed by atoms with Crippen LogP contribution in [0.4, 0.5) is 0 Å². The van der Waals surface area contributed by atoms with Gasteiger partial charge in [-0.1, -0.05) is 0 Å². The van der Waals surface area contributed by atoms with Crippen LogP contribution >= 0.6 is 0 Å². The normalized spacial score (nSPS) is 11.9. The third-order valence-corrected chi connectivity index (χ3v) is 2.66. The standard InChI is InChI=1S/C14H22N6O/c1-4-15-14(17-10(2)3)16-8-7-12-18-13(20-19-12)11-6-5-9-21-11/h5-6,9-10H,4,7-8H2,1-3H3,(H2,15,16,17)(H,18,19,20). The number of guanidine groups is 1. The highest BCUT2D eigenvalue weighted by Gasteiger charge is 2.08. The maximum atomic E-state index is 5.26. The fraction of sp³-hybridized carbons (Fsp3) is 0.500. The lowest BCUT2D eigenvalue weighted by molar-refractivity contribution is 0.577. The maximum Gasteiger partial charge on any atom is 0.216 e. The Morgan fingerprint density at radius 1 is 1.48 bits per heavy atom. The second kappa shape index (κ2) is 7.47. The average Bonchev–Trinajstić information content (AvgIpc) is 3.08. The maximum absolute atomic E-state index is 5.26. The molecule has 0 amide bonds. The fourth-order valence-corrected chi connectivity index (χ4v) is 1.79. The molecule has 2 aromatic rings. The van der Waals surface area contributed by atoms with Crippen molar-refractivity contribution in [2.45, 2.75) is 33.2 Å². The van der Waals surface area contributed by atoms with Crippen LogP contribution in [0, 0.1) is 0 Å². The van der Waals surface area contributed by atoms with Gasteiger partial charge >= 0.3 is 0 Å². The van der Waals surface area contributed by atoms with Crippen molar-refractivity contribution in [2.75, 3.05) is 13.1 Å². The van der Waals surface area contributed by atoms with Crippen LogP contribution in [0.2, 0.25) is 0 Å². The van der Waals surface area contributed by atoms with Crippen molar-refractivity contribution in [3.63, 3.8) is 0 Å². The molecule has 21 heavy (non-hydrogen) atoms. The van der Waals surface area contributed by atoms with Gasteiger partial charge in [0.1, 0.15) is 5.82 Å². The lowest BCUT2D eigenvalue weighted by atomic mass is 10.4. The molecule has 0 aromatic carbocycles. The van der Waals surface area contributed by atoms with E-state index in [2.05, 4.69) is 44.7 Å². The molecule has 3 N–H and O–H groups in total. The third-order valence-electron chi connectivity index (χ3n) is 2.66. The molecule has 0 radical (unpaired) electrons. The SMILES string of the molecule is CCNC(=NCCc1nc(-c2ccco2)n[nH]1)NC(C)C. The van der Waals surface area contributed by atoms with Crippen molar-refractivity contribution in [3.8, 4) is 11.6 Å². The van der Waals surface area contributed by atoms with E-state index in [-0.39, 0.29) is 0 Å². The fourth-order valence-electron chi connectivity index (χ4n) is 1.79. The van der Waals surface area contributed by atoms with Crippen molar-refractivity contribution in [2.24, 2.45) is 4.99 Å². The van der Waals surface area contributed by atoms with Crippen LogP contribution in [0.1, 0.15) is 26.6 Å². The van der Waals surface area contributed by atoms with Gasteiger partial charge in [-0.3, -0.25) is 10.1 Å². The lowest BCUT2D eigenvalue weighted by Gasteiger charge is -2.13. The van der Waals surface area contributed by atoms with Crippen LogP contribution < -0.4 is 10.6 Å². The van der Waals surface area contributed by atoms with E-state index in [1.807, 2.05) is 19.1 Å². The molecule has 0 aliphatic rings. The molecule has 2 heterocycles. The summed E-state index contributed by atoms with van der Waals surface area (Å²) in [4.78, 5) is 8.89. The Morgan fingerprint density at radius 3 is 3.00 bits per heavy atom. The van der Waals surface area contributed by atoms with Gasteiger partial charge in [-0.05, 0) is 32.9 Å². The number of aromatic nitrogens is 3. The Kier molecular flexibility index (Phi) is 5.36. The zero-order valence-electron chi connectivity index (χ0n) is 12.7. The van der Waals surface area contributed by atoms with Crippen LogP contribution in [-0.4, -0.2) is 40.3 Å². The van der Waals surface area contributed by atoms with Crippen LogP contribution in [0.25, 0.3) is 11.6 Å². The summed E-state index contributed by atoms with van der Waals surface area (Å²) in [6.07, 6.45) is 2.30. The van der Waals surface area contributed by atoms with Gasteiger partial charge in [-0.15, -0.1) is 0 Å². The van der Waals surface area contributed by atoms with Crippen molar-refractivity contribution in [1.29, 1.82) is 0 Å². The van der Waals surface area contributed by atoms with Gasteiger partial charge in [-0.2, -0.15) is 5.10 Å². The summed E-state index contributed by atoms with van der Waals surface area (Å²) in [6, 6.07) is 4.00. The predicted molar refractivity (Wildman–Crippen MR) is 82.0 cm³/mol. The van der Waals surface area contributed by atoms with Crippen LogP contribution in [0.5, 0.6) is 0 Å². The molecule has 0 bridgehead atoms. The van der Waals surface area contributed by atoms with Crippen LogP contribution in [0.3, 0.4) is 0 Å². The number of nitrogens with one attached hydrogen (secondary N) is 3. The topological polar surface area (TPSA) is 91.1 Å². The number of nitrogens with zero attached hydrogens (tertiary/aromatic N) is 3. The molecule has 2 aromatic heterocycles. The summed E-state index contributed by atoms with van der Waals surface area (Å²) in [5.74, 6) is 2.85. The molecule has 0 spiro atoms. The van der Waals surface area contributed by atoms with E-state index in [4.69, 9.17) is 4.42 Å². The molecule has 0 saturated carbocycles. The zero-order valence-corrected chi connectivity index (χ0v) is 12.7. The van der Waals surface area contributed by atoms with E-state index >= 15 is 0 Å². The summed E-state index contributed by atoms with van der Waals surface area (Å²) in [5.41, 5.74) is 0. The van der Waals surface area contributed by atoms with Gasteiger partial charge in [0.15, 0.2) is 11.7 Å². The first kappa shape index (κ1) is 15.1. The molecule has 0 aliphatic heterocycles. The first-order valence-electron chi connectivity index (χ1n) is 7.19. The van der Waals surface area contributed by atoms with Crippen LogP contribution in [0.15, 0.2) is 27.8 Å². The molecule has 7 heteroatoms. The van der Waals surface area contributed by atoms with Gasteiger partial charge in [0.25, 0.3) is 0 Å². The molecule has 0 atom stereocenters. The Morgan fingerprint density at radius 2 is 2.33 bits per heavy atom. The van der Waals surface area contributed by atoms with Gasteiger partial charge in [-0.25, -0.2) is 4.98 Å². The van der Waals surface area contributed by atoms with Crippen molar-refractivity contribution < 1.29 is 4.42 Å².